The summed E-state index contributed by atoms with van der Waals surface area (Å²) in [5.41, 5.74) is 0. The van der Waals surface area contributed by atoms with Crippen LogP contribution in [0.1, 0.15) is 13.3 Å². The van der Waals surface area contributed by atoms with Gasteiger partial charge >= 0.3 is 0 Å². The van der Waals surface area contributed by atoms with E-state index in [1.807, 2.05) is 11.2 Å². The Morgan fingerprint density at radius 3 is 2.83 bits per heavy atom. The molecular weight excluding hydrogens is 194 g/mol. The largest absolute Gasteiger partial charge is 0.338 e. The zero-order chi connectivity index (χ0) is 9.14. The van der Waals surface area contributed by atoms with Crippen LogP contribution in [0.4, 0.5) is 0 Å². The van der Waals surface area contributed by atoms with E-state index in [4.69, 9.17) is 11.6 Å². The van der Waals surface area contributed by atoms with E-state index >= 15 is 0 Å². The van der Waals surface area contributed by atoms with Crippen LogP contribution < -0.4 is 0 Å². The highest BCUT2D eigenvalue weighted by molar-refractivity contribution is 7.99. The number of halogens is 1. The van der Waals surface area contributed by atoms with Gasteiger partial charge in [0.05, 0.1) is 11.1 Å². The number of rotatable bonds is 2. The Morgan fingerprint density at radius 1 is 1.75 bits per heavy atom. The van der Waals surface area contributed by atoms with Crippen molar-refractivity contribution in [1.82, 2.24) is 4.90 Å². The van der Waals surface area contributed by atoms with Crippen LogP contribution in [0, 0.1) is 0 Å². The van der Waals surface area contributed by atoms with Gasteiger partial charge in [0.2, 0.25) is 5.91 Å². The minimum atomic E-state index is 0.158. The second-order valence-electron chi connectivity index (χ2n) is 3.16. The average molecular weight is 208 g/mol. The highest BCUT2D eigenvalue weighted by atomic mass is 35.5. The highest BCUT2D eigenvalue weighted by Gasteiger charge is 2.30. The first-order valence-electron chi connectivity index (χ1n) is 4.07. The molecule has 1 aliphatic heterocycles. The smallest absolute Gasteiger partial charge is 0.232 e. The van der Waals surface area contributed by atoms with Gasteiger partial charge in [-0.2, -0.15) is 11.8 Å². The van der Waals surface area contributed by atoms with Crippen LogP contribution in [0.15, 0.2) is 0 Å². The number of carbonyl (C=O) groups is 1. The lowest BCUT2D eigenvalue weighted by Gasteiger charge is -2.20. The lowest BCUT2D eigenvalue weighted by Crippen LogP contribution is -2.35. The van der Waals surface area contributed by atoms with Gasteiger partial charge in [-0.3, -0.25) is 4.79 Å². The molecule has 4 heteroatoms. The fourth-order valence-corrected chi connectivity index (χ4v) is 2.34. The number of likely N-dealkylation sites (tertiary alicyclic amines) is 1. The number of amides is 1. The molecule has 0 radical (unpaired) electrons. The number of carbonyl (C=O) groups excluding carboxylic acids is 1. The molecule has 0 spiro atoms. The Kier molecular flexibility index (Phi) is 3.72. The summed E-state index contributed by atoms with van der Waals surface area (Å²) in [4.78, 5) is 13.3. The fourth-order valence-electron chi connectivity index (χ4n) is 1.52. The van der Waals surface area contributed by atoms with E-state index in [2.05, 4.69) is 6.92 Å². The van der Waals surface area contributed by atoms with Crippen molar-refractivity contribution < 1.29 is 4.79 Å². The Hall–Kier alpha value is 0.110. The second-order valence-corrected chi connectivity index (χ2v) is 4.64. The molecule has 0 aromatic rings. The van der Waals surface area contributed by atoms with E-state index in [-0.39, 0.29) is 11.3 Å². The molecule has 1 rings (SSSR count). The monoisotopic (exact) mass is 207 g/mol. The number of hydrogen-bond donors (Lipinski definition) is 0. The van der Waals surface area contributed by atoms with E-state index in [9.17, 15) is 4.79 Å². The van der Waals surface area contributed by atoms with Gasteiger partial charge in [0.25, 0.3) is 0 Å². The van der Waals surface area contributed by atoms with Gasteiger partial charge in [-0.1, -0.05) is 0 Å². The molecule has 2 atom stereocenters. The zero-order valence-corrected chi connectivity index (χ0v) is 8.99. The van der Waals surface area contributed by atoms with Gasteiger partial charge in [0, 0.05) is 12.6 Å². The maximum Gasteiger partial charge on any atom is 0.232 e. The third kappa shape index (κ3) is 2.30. The number of nitrogens with zero attached hydrogens (tertiary/aromatic N) is 1. The number of alkyl halides is 1. The summed E-state index contributed by atoms with van der Waals surface area (Å²) in [6.45, 7) is 2.78. The van der Waals surface area contributed by atoms with Crippen molar-refractivity contribution in [2.45, 2.75) is 24.8 Å². The van der Waals surface area contributed by atoms with Crippen LogP contribution >= 0.6 is 23.4 Å². The maximum absolute atomic E-state index is 11.4. The zero-order valence-electron chi connectivity index (χ0n) is 7.42. The summed E-state index contributed by atoms with van der Waals surface area (Å²) in [5, 5.41) is 0.158. The first-order valence-corrected chi connectivity index (χ1v) is 5.90. The van der Waals surface area contributed by atoms with Gasteiger partial charge in [-0.25, -0.2) is 0 Å². The van der Waals surface area contributed by atoms with Crippen molar-refractivity contribution in [1.29, 1.82) is 0 Å². The van der Waals surface area contributed by atoms with Gasteiger partial charge in [-0.15, -0.1) is 11.6 Å². The van der Waals surface area contributed by atoms with Gasteiger partial charge in [0.15, 0.2) is 0 Å². The molecule has 2 nitrogen and oxygen atoms in total. The molecule has 0 aromatic heterocycles. The van der Waals surface area contributed by atoms with Crippen molar-refractivity contribution in [3.63, 3.8) is 0 Å². The lowest BCUT2D eigenvalue weighted by atomic mass is 10.2. The van der Waals surface area contributed by atoms with E-state index in [0.29, 0.717) is 11.8 Å². The predicted octanol–water partition coefficient (Wildman–Crippen LogP) is 1.58. The summed E-state index contributed by atoms with van der Waals surface area (Å²) >= 11 is 7.51. The summed E-state index contributed by atoms with van der Waals surface area (Å²) in [6, 6.07) is 0.326. The molecule has 0 N–H and O–H groups in total. The molecule has 0 saturated carbocycles. The predicted molar refractivity (Wildman–Crippen MR) is 53.8 cm³/mol. The van der Waals surface area contributed by atoms with Crippen LogP contribution in [0.5, 0.6) is 0 Å². The van der Waals surface area contributed by atoms with Crippen molar-refractivity contribution >= 4 is 29.3 Å². The van der Waals surface area contributed by atoms with Crippen molar-refractivity contribution in [2.24, 2.45) is 0 Å². The molecule has 1 heterocycles. The maximum atomic E-state index is 11.4. The first kappa shape index (κ1) is 10.2. The van der Waals surface area contributed by atoms with Crippen LogP contribution in [0.3, 0.4) is 0 Å². The van der Waals surface area contributed by atoms with Crippen LogP contribution in [0.25, 0.3) is 0 Å². The molecule has 0 aromatic carbocycles. The second kappa shape index (κ2) is 4.38. The molecule has 2 unspecified atom stereocenters. The van der Waals surface area contributed by atoms with Crippen molar-refractivity contribution in [3.8, 4) is 0 Å². The molecule has 70 valence electrons. The van der Waals surface area contributed by atoms with Gasteiger partial charge in [0.1, 0.15) is 0 Å². The van der Waals surface area contributed by atoms with Gasteiger partial charge < -0.3 is 4.90 Å². The molecule has 1 saturated heterocycles. The minimum absolute atomic E-state index is 0.158. The SMILES string of the molecule is CSCC(=O)N1CC(Cl)CC1C. The Morgan fingerprint density at radius 2 is 2.42 bits per heavy atom. The van der Waals surface area contributed by atoms with Gasteiger partial charge in [-0.05, 0) is 19.6 Å². The van der Waals surface area contributed by atoms with Crippen molar-refractivity contribution in [3.05, 3.63) is 0 Å². The topological polar surface area (TPSA) is 20.3 Å². The Labute approximate surface area is 82.6 Å². The minimum Gasteiger partial charge on any atom is -0.338 e. The quantitative estimate of drug-likeness (QED) is 0.641. The Balaban J connectivity index is 2.46. The highest BCUT2D eigenvalue weighted by Crippen LogP contribution is 2.22. The van der Waals surface area contributed by atoms with Crippen LogP contribution in [-0.4, -0.2) is 40.8 Å². The summed E-state index contributed by atoms with van der Waals surface area (Å²) in [6.07, 6.45) is 2.87. The third-order valence-corrected chi connectivity index (χ3v) is 2.96. The standard InChI is InChI=1S/C8H14ClNOS/c1-6-3-7(9)4-10(6)8(11)5-12-2/h6-7H,3-5H2,1-2H3. The van der Waals surface area contributed by atoms with E-state index in [1.165, 1.54) is 0 Å². The summed E-state index contributed by atoms with van der Waals surface area (Å²) in [7, 11) is 0. The number of hydrogen-bond acceptors (Lipinski definition) is 2. The van der Waals surface area contributed by atoms with Crippen LogP contribution in [-0.2, 0) is 4.79 Å². The summed E-state index contributed by atoms with van der Waals surface area (Å²) in [5.74, 6) is 0.798. The number of thioether (sulfide) groups is 1. The van der Waals surface area contributed by atoms with E-state index in [1.54, 1.807) is 11.8 Å². The molecule has 12 heavy (non-hydrogen) atoms. The summed E-state index contributed by atoms with van der Waals surface area (Å²) < 4.78 is 0. The fraction of sp³-hybridized carbons (Fsp3) is 0.875. The molecule has 0 aliphatic carbocycles. The molecular formula is C8H14ClNOS. The van der Waals surface area contributed by atoms with E-state index in [0.717, 1.165) is 13.0 Å². The lowest BCUT2D eigenvalue weighted by molar-refractivity contribution is -0.128. The molecule has 1 aliphatic rings. The normalized spacial score (nSPS) is 29.4. The Bertz CT molecular complexity index is 176. The average Bonchev–Trinajstić information content (AvgIpc) is 2.30. The molecule has 1 amide bonds. The first-order chi connectivity index (χ1) is 5.65. The molecule has 1 fully saturated rings. The van der Waals surface area contributed by atoms with Crippen LogP contribution in [0.2, 0.25) is 0 Å². The van der Waals surface area contributed by atoms with Crippen molar-refractivity contribution in [2.75, 3.05) is 18.6 Å². The van der Waals surface area contributed by atoms with E-state index < -0.39 is 0 Å². The molecule has 0 bridgehead atoms. The third-order valence-electron chi connectivity index (χ3n) is 2.11.